The molecule has 0 aliphatic rings. The van der Waals surface area contributed by atoms with Crippen LogP contribution in [-0.2, 0) is 16.0 Å². The topological polar surface area (TPSA) is 107 Å². The zero-order valence-corrected chi connectivity index (χ0v) is 11.5. The number of rotatable bonds is 6. The number of benzene rings is 1. The van der Waals surface area contributed by atoms with Gasteiger partial charge in [0.25, 0.3) is 0 Å². The molecule has 0 aliphatic heterocycles. The molecule has 4 N–H and O–H groups in total. The van der Waals surface area contributed by atoms with Crippen LogP contribution in [0.4, 0.5) is 0 Å². The summed E-state index contributed by atoms with van der Waals surface area (Å²) in [7, 11) is -1.55. The molecule has 1 rings (SSSR count). The second kappa shape index (κ2) is 6.67. The first-order valence-electron chi connectivity index (χ1n) is 4.85. The zero-order chi connectivity index (χ0) is 12.8. The third-order valence-corrected chi connectivity index (χ3v) is 2.25. The summed E-state index contributed by atoms with van der Waals surface area (Å²) in [5.74, 6) is -1.15. The van der Waals surface area contributed by atoms with Crippen molar-refractivity contribution in [3.63, 3.8) is 0 Å². The number of aliphatic carboxylic acids is 1. The van der Waals surface area contributed by atoms with Crippen molar-refractivity contribution < 1.29 is 24.7 Å². The van der Waals surface area contributed by atoms with Gasteiger partial charge in [-0.3, -0.25) is 4.79 Å². The third kappa shape index (κ3) is 3.95. The van der Waals surface area contributed by atoms with Crippen LogP contribution in [0.5, 0.6) is 0 Å². The quantitative estimate of drug-likeness (QED) is 0.209. The van der Waals surface area contributed by atoms with Crippen LogP contribution in [0.2, 0.25) is 0 Å². The van der Waals surface area contributed by atoms with E-state index in [-0.39, 0.29) is 6.42 Å². The molecule has 0 unspecified atom stereocenters. The van der Waals surface area contributed by atoms with Gasteiger partial charge in [-0.05, 0) is 11.0 Å². The average molecular weight is 493 g/mol. The molecule has 0 spiro atoms. The minimum absolute atomic E-state index is 0. The van der Waals surface area contributed by atoms with Gasteiger partial charge < -0.3 is 25.3 Å². The van der Waals surface area contributed by atoms with Crippen molar-refractivity contribution >= 4 is 25.0 Å². The second-order valence-electron chi connectivity index (χ2n) is 3.46. The second-order valence-corrected chi connectivity index (χ2v) is 3.46. The van der Waals surface area contributed by atoms with Crippen molar-refractivity contribution in [2.24, 2.45) is 0 Å². The molecule has 1 aromatic carbocycles. The fourth-order valence-corrected chi connectivity index (χ4v) is 1.33. The van der Waals surface area contributed by atoms with Crippen LogP contribution in [0.25, 0.3) is 0 Å². The van der Waals surface area contributed by atoms with Gasteiger partial charge in [0.15, 0.2) is 0 Å². The van der Waals surface area contributed by atoms with Crippen molar-refractivity contribution in [3.05, 3.63) is 29.8 Å². The van der Waals surface area contributed by atoms with Crippen LogP contribution in [0, 0.1) is 0 Å². The molecule has 1 aromatic rings. The summed E-state index contributed by atoms with van der Waals surface area (Å²) in [6.07, 6.45) is 1.44. The number of hydrogen-bond acceptors (Lipinski definition) is 4. The maximum Gasteiger partial charge on any atom is 0.488 e. The predicted molar refractivity (Wildman–Crippen MR) is 60.2 cm³/mol. The number of carboxylic acid groups (broad SMARTS) is 1. The smallest absolute Gasteiger partial charge is 0.488 e. The molecular formula is C10H11BFmNO5-. The Morgan fingerprint density at radius 2 is 1.89 bits per heavy atom. The summed E-state index contributed by atoms with van der Waals surface area (Å²) in [6.45, 7) is 0. The first kappa shape index (κ1) is 15.1. The van der Waals surface area contributed by atoms with E-state index in [2.05, 4.69) is 5.32 Å². The van der Waals surface area contributed by atoms with Gasteiger partial charge in [0, 0.05) is 6.42 Å². The maximum atomic E-state index is 10.7. The van der Waals surface area contributed by atoms with Gasteiger partial charge in [0.2, 0.25) is 0 Å². The van der Waals surface area contributed by atoms with E-state index in [1.165, 1.54) is 18.5 Å². The van der Waals surface area contributed by atoms with E-state index in [0.29, 0.717) is 11.0 Å². The summed E-state index contributed by atoms with van der Waals surface area (Å²) in [5, 5.41) is 28.6. The molecule has 0 fully saturated rings. The van der Waals surface area contributed by atoms with Gasteiger partial charge in [0.05, 0.1) is 0 Å². The molecule has 0 aliphatic carbocycles. The van der Waals surface area contributed by atoms with E-state index >= 15 is 0 Å². The summed E-state index contributed by atoms with van der Waals surface area (Å²) >= 11 is 0. The predicted octanol–water partition coefficient (Wildman–Crippen LogP) is -1.98. The Bertz CT molecular complexity index is 398. The van der Waals surface area contributed by atoms with Crippen LogP contribution in [0.1, 0.15) is 5.56 Å². The summed E-state index contributed by atoms with van der Waals surface area (Å²) in [4.78, 5) is 20.8. The number of amides is 1. The first-order chi connectivity index (χ1) is 8.04. The van der Waals surface area contributed by atoms with Crippen LogP contribution >= 0.6 is 0 Å². The van der Waals surface area contributed by atoms with Gasteiger partial charge in [0.1, 0.15) is 6.04 Å². The van der Waals surface area contributed by atoms with E-state index in [1.54, 1.807) is 12.1 Å². The van der Waals surface area contributed by atoms with Gasteiger partial charge >= 0.3 is 13.1 Å². The normalized spacial score (nSPS) is 11.0. The van der Waals surface area contributed by atoms with Gasteiger partial charge in [-0.15, -0.1) is 0 Å². The number of nitrogens with one attached hydrogen (secondary N) is 1. The molecule has 18 heavy (non-hydrogen) atoms. The Morgan fingerprint density at radius 1 is 1.33 bits per heavy atom. The number of carboxylic acids is 1. The molecule has 0 bridgehead atoms. The molecule has 1 amide bonds. The monoisotopic (exact) mass is 493 g/mol. The molecule has 6 nitrogen and oxygen atoms in total. The minimum Gasteiger partial charge on any atom is -0.520 e. The van der Waals surface area contributed by atoms with Gasteiger partial charge in [-0.1, -0.05) is 24.3 Å². The standard InChI is InChI=1S/C10H11BNO5.Fm/c13-6-12-9(10(14)15)5-7-1-3-8(4-2-7)11(16)17;/h1-4,9,16-17H,5H2,(H,12,13)(H,14,15);/q-1;/t9-;/m0./s1. The molecule has 0 saturated carbocycles. The van der Waals surface area contributed by atoms with Gasteiger partial charge in [-0.25, -0.2) is 0 Å². The summed E-state index contributed by atoms with van der Waals surface area (Å²) < 4.78 is 0. The molecular weight excluding hydrogens is 482 g/mol. The van der Waals surface area contributed by atoms with Crippen LogP contribution in [0.15, 0.2) is 24.3 Å². The minimum atomic E-state index is -1.55. The Balaban J connectivity index is 0.00000289. The third-order valence-electron chi connectivity index (χ3n) is 2.25. The number of carbonyl (C=O) groups excluding carboxylic acids is 1. The summed E-state index contributed by atoms with van der Waals surface area (Å²) in [6, 6.07) is 5.04. The average Bonchev–Trinajstić information content (AvgIpc) is 2.29. The zero-order valence-electron chi connectivity index (χ0n) is 9.12. The first-order valence-corrected chi connectivity index (χ1v) is 4.85. The van der Waals surface area contributed by atoms with E-state index in [0.717, 1.165) is 0 Å². The maximum absolute atomic E-state index is 10.7. The Labute approximate surface area is 98.0 Å². The largest absolute Gasteiger partial charge is 0.520 e. The van der Waals surface area contributed by atoms with Crippen molar-refractivity contribution in [2.45, 2.75) is 12.5 Å². The van der Waals surface area contributed by atoms with E-state index in [9.17, 15) is 9.59 Å². The molecule has 1 atom stereocenters. The van der Waals surface area contributed by atoms with E-state index < -0.39 is 19.1 Å². The Kier molecular flexibility index (Phi) is 5.61. The number of carbonyl (C=O) groups is 1. The van der Waals surface area contributed by atoms with E-state index in [1.807, 2.05) is 0 Å². The van der Waals surface area contributed by atoms with Crippen LogP contribution in [0.3, 0.4) is 0 Å². The van der Waals surface area contributed by atoms with E-state index in [4.69, 9.17) is 15.2 Å². The number of hydrogen-bond donors (Lipinski definition) is 4. The SMILES string of the molecule is O=[C-]N[C@@H](Cc1ccc(B(O)O)cc1)C(=O)O.[Fm]. The van der Waals surface area contributed by atoms with Crippen molar-refractivity contribution in [2.75, 3.05) is 0 Å². The van der Waals surface area contributed by atoms with Crippen molar-refractivity contribution in [3.8, 4) is 0 Å². The van der Waals surface area contributed by atoms with Gasteiger partial charge in [-0.2, -0.15) is 6.41 Å². The fraction of sp³-hybridized carbons (Fsp3) is 0.200. The molecule has 0 radical (unpaired) electrons. The molecule has 8 heteroatoms. The fourth-order valence-electron chi connectivity index (χ4n) is 1.33. The summed E-state index contributed by atoms with van der Waals surface area (Å²) in [5.41, 5.74) is 0.972. The molecule has 0 aromatic heterocycles. The molecule has 0 saturated heterocycles. The Morgan fingerprint density at radius 3 is 2.28 bits per heavy atom. The van der Waals surface area contributed by atoms with Crippen molar-refractivity contribution in [1.82, 2.24) is 5.32 Å². The van der Waals surface area contributed by atoms with Crippen LogP contribution < -0.4 is 10.8 Å². The molecule has 102 valence electrons. The molecule has 0 heterocycles. The Hall–Kier alpha value is -2.86. The van der Waals surface area contributed by atoms with Crippen molar-refractivity contribution in [1.29, 1.82) is 0 Å². The van der Waals surface area contributed by atoms with Crippen LogP contribution in [-0.4, -0.2) is 40.7 Å².